The number of thiophene rings is 1. The molecule has 172 valence electrons. The molecule has 8 heteroatoms. The lowest BCUT2D eigenvalue weighted by Crippen LogP contribution is -2.44. The zero-order valence-corrected chi connectivity index (χ0v) is 22.2. The molecule has 1 aromatic carbocycles. The Hall–Kier alpha value is -1.36. The van der Waals surface area contributed by atoms with Crippen LogP contribution in [-0.4, -0.2) is 70.2 Å². The maximum absolute atomic E-state index is 5.33. The maximum atomic E-state index is 5.33. The number of hydrogen-bond acceptors (Lipinski definition) is 5. The molecule has 1 aliphatic heterocycles. The first kappa shape index (κ1) is 25.9. The Morgan fingerprint density at radius 1 is 1.13 bits per heavy atom. The Labute approximate surface area is 208 Å². The number of guanidine groups is 1. The molecule has 0 bridgehead atoms. The summed E-state index contributed by atoms with van der Waals surface area (Å²) >= 11 is 1.80. The molecule has 2 unspecified atom stereocenters. The normalized spacial score (nSPS) is 16.6. The maximum Gasteiger partial charge on any atom is 0.191 e. The number of methoxy groups -OCH3 is 1. The average Bonchev–Trinajstić information content (AvgIpc) is 3.47. The van der Waals surface area contributed by atoms with E-state index in [-0.39, 0.29) is 24.0 Å². The van der Waals surface area contributed by atoms with Crippen LogP contribution in [0.25, 0.3) is 0 Å². The van der Waals surface area contributed by atoms with E-state index in [1.54, 1.807) is 18.4 Å². The molecule has 0 spiro atoms. The van der Waals surface area contributed by atoms with Gasteiger partial charge in [0.05, 0.1) is 19.2 Å². The minimum absolute atomic E-state index is 0. The molecule has 1 saturated heterocycles. The van der Waals surface area contributed by atoms with Gasteiger partial charge >= 0.3 is 0 Å². The Bertz CT molecular complexity index is 776. The Balaban J connectivity index is 0.00000341. The van der Waals surface area contributed by atoms with Crippen molar-refractivity contribution in [3.05, 3.63) is 52.2 Å². The topological polar surface area (TPSA) is 52.1 Å². The number of benzene rings is 1. The number of ether oxygens (including phenoxy) is 1. The van der Waals surface area contributed by atoms with E-state index in [9.17, 15) is 0 Å². The molecule has 2 heterocycles. The molecule has 1 aromatic heterocycles. The summed E-state index contributed by atoms with van der Waals surface area (Å²) in [4.78, 5) is 10.6. The number of halogens is 1. The van der Waals surface area contributed by atoms with E-state index in [1.807, 2.05) is 19.2 Å². The average molecular weight is 558 g/mol. The highest BCUT2D eigenvalue weighted by atomic mass is 127. The number of likely N-dealkylation sites (N-methyl/N-ethyl adjacent to an activating group) is 1. The summed E-state index contributed by atoms with van der Waals surface area (Å²) in [6.07, 6.45) is 2.54. The fourth-order valence-corrected chi connectivity index (χ4v) is 4.89. The van der Waals surface area contributed by atoms with E-state index in [0.717, 1.165) is 37.9 Å². The smallest absolute Gasteiger partial charge is 0.191 e. The van der Waals surface area contributed by atoms with Gasteiger partial charge in [-0.1, -0.05) is 18.2 Å². The van der Waals surface area contributed by atoms with Crippen LogP contribution in [-0.2, 0) is 0 Å². The van der Waals surface area contributed by atoms with E-state index in [1.165, 1.54) is 23.3 Å². The van der Waals surface area contributed by atoms with Crippen LogP contribution in [0.1, 0.15) is 35.4 Å². The predicted octanol–water partition coefficient (Wildman–Crippen LogP) is 3.98. The van der Waals surface area contributed by atoms with E-state index in [2.05, 4.69) is 69.2 Å². The number of hydrogen-bond donors (Lipinski definition) is 2. The highest BCUT2D eigenvalue weighted by molar-refractivity contribution is 14.0. The van der Waals surface area contributed by atoms with Crippen LogP contribution in [0.15, 0.2) is 46.8 Å². The van der Waals surface area contributed by atoms with E-state index >= 15 is 0 Å². The van der Waals surface area contributed by atoms with Crippen LogP contribution >= 0.6 is 35.3 Å². The van der Waals surface area contributed by atoms with E-state index < -0.39 is 0 Å². The van der Waals surface area contributed by atoms with Crippen molar-refractivity contribution in [2.45, 2.75) is 24.9 Å². The summed E-state index contributed by atoms with van der Waals surface area (Å²) < 4.78 is 5.33. The Morgan fingerprint density at radius 3 is 2.35 bits per heavy atom. The third-order valence-corrected chi connectivity index (χ3v) is 6.70. The van der Waals surface area contributed by atoms with Crippen molar-refractivity contribution >= 4 is 41.3 Å². The first-order valence-electron chi connectivity index (χ1n) is 10.6. The monoisotopic (exact) mass is 557 g/mol. The lowest BCUT2D eigenvalue weighted by molar-refractivity contribution is 0.245. The van der Waals surface area contributed by atoms with Gasteiger partial charge in [0.15, 0.2) is 5.96 Å². The van der Waals surface area contributed by atoms with Crippen molar-refractivity contribution < 1.29 is 4.74 Å². The molecule has 2 atom stereocenters. The van der Waals surface area contributed by atoms with Gasteiger partial charge in [-0.05, 0) is 69.2 Å². The third kappa shape index (κ3) is 7.34. The molecule has 1 aliphatic rings. The van der Waals surface area contributed by atoms with Gasteiger partial charge in [0.25, 0.3) is 0 Å². The summed E-state index contributed by atoms with van der Waals surface area (Å²) in [6, 6.07) is 13.4. The molecular weight excluding hydrogens is 521 g/mol. The van der Waals surface area contributed by atoms with Crippen molar-refractivity contribution in [2.75, 3.05) is 54.4 Å². The molecule has 31 heavy (non-hydrogen) atoms. The summed E-state index contributed by atoms with van der Waals surface area (Å²) in [5.74, 6) is 1.74. The quantitative estimate of drug-likeness (QED) is 0.278. The number of likely N-dealkylation sites (tertiary alicyclic amines) is 1. The standard InChI is InChI=1S/C23H35N5OS.HI/c1-24-23(26-17-21(27(2)3)22-8-7-15-30-22)25-16-20(28-13-5-6-14-28)18-9-11-19(29-4)12-10-18;/h7-12,15,20-21H,5-6,13-14,16-17H2,1-4H3,(H2,24,25,26);1H. The zero-order chi connectivity index (χ0) is 21.3. The molecule has 0 amide bonds. The Kier molecular flexibility index (Phi) is 11.1. The van der Waals surface area contributed by atoms with Crippen molar-refractivity contribution in [1.82, 2.24) is 20.4 Å². The molecule has 0 saturated carbocycles. The highest BCUT2D eigenvalue weighted by Gasteiger charge is 2.24. The number of aliphatic imine (C=N–C) groups is 1. The molecule has 2 aromatic rings. The van der Waals surface area contributed by atoms with Gasteiger partial charge in [0.1, 0.15) is 5.75 Å². The van der Waals surface area contributed by atoms with Gasteiger partial charge < -0.3 is 20.3 Å². The van der Waals surface area contributed by atoms with Crippen LogP contribution < -0.4 is 15.4 Å². The molecule has 6 nitrogen and oxygen atoms in total. The molecule has 0 aliphatic carbocycles. The second-order valence-corrected chi connectivity index (χ2v) is 8.84. The largest absolute Gasteiger partial charge is 0.497 e. The first-order chi connectivity index (χ1) is 14.6. The predicted molar refractivity (Wildman–Crippen MR) is 142 cm³/mol. The number of rotatable bonds is 9. The summed E-state index contributed by atoms with van der Waals surface area (Å²) in [6.45, 7) is 3.92. The molecule has 1 fully saturated rings. The fourth-order valence-electron chi connectivity index (χ4n) is 3.96. The van der Waals surface area contributed by atoms with Crippen LogP contribution in [0, 0.1) is 0 Å². The molecule has 3 rings (SSSR count). The van der Waals surface area contributed by atoms with Gasteiger partial charge in [-0.15, -0.1) is 35.3 Å². The number of nitrogens with zero attached hydrogens (tertiary/aromatic N) is 3. The lowest BCUT2D eigenvalue weighted by Gasteiger charge is -2.29. The zero-order valence-electron chi connectivity index (χ0n) is 19.0. The van der Waals surface area contributed by atoms with Gasteiger partial charge in [-0.25, -0.2) is 0 Å². The summed E-state index contributed by atoms with van der Waals surface area (Å²) in [5, 5.41) is 9.22. The fraction of sp³-hybridized carbons (Fsp3) is 0.522. The SMILES string of the molecule is CN=C(NCC(c1cccs1)N(C)C)NCC(c1ccc(OC)cc1)N1CCCC1.I. The van der Waals surface area contributed by atoms with Gasteiger partial charge in [0, 0.05) is 25.0 Å². The van der Waals surface area contributed by atoms with Crippen molar-refractivity contribution in [3.8, 4) is 5.75 Å². The van der Waals surface area contributed by atoms with Crippen LogP contribution in [0.2, 0.25) is 0 Å². The highest BCUT2D eigenvalue weighted by Crippen LogP contribution is 2.26. The third-order valence-electron chi connectivity index (χ3n) is 5.73. The van der Waals surface area contributed by atoms with Gasteiger partial charge in [0.2, 0.25) is 0 Å². The van der Waals surface area contributed by atoms with Crippen LogP contribution in [0.3, 0.4) is 0 Å². The molecule has 2 N–H and O–H groups in total. The molecular formula is C23H36IN5OS. The van der Waals surface area contributed by atoms with Gasteiger partial charge in [-0.3, -0.25) is 9.89 Å². The summed E-state index contributed by atoms with van der Waals surface area (Å²) in [7, 11) is 7.79. The molecule has 0 radical (unpaired) electrons. The van der Waals surface area contributed by atoms with E-state index in [4.69, 9.17) is 4.74 Å². The van der Waals surface area contributed by atoms with Gasteiger partial charge in [-0.2, -0.15) is 0 Å². The van der Waals surface area contributed by atoms with Crippen LogP contribution in [0.5, 0.6) is 5.75 Å². The van der Waals surface area contributed by atoms with E-state index in [0.29, 0.717) is 12.1 Å². The Morgan fingerprint density at radius 2 is 1.81 bits per heavy atom. The van der Waals surface area contributed by atoms with Crippen molar-refractivity contribution in [1.29, 1.82) is 0 Å². The first-order valence-corrected chi connectivity index (χ1v) is 11.5. The van der Waals surface area contributed by atoms with Crippen LogP contribution in [0.4, 0.5) is 0 Å². The van der Waals surface area contributed by atoms with Crippen molar-refractivity contribution in [2.24, 2.45) is 4.99 Å². The van der Waals surface area contributed by atoms with Crippen molar-refractivity contribution in [3.63, 3.8) is 0 Å². The minimum atomic E-state index is 0. The second-order valence-electron chi connectivity index (χ2n) is 7.86. The number of nitrogens with one attached hydrogen (secondary N) is 2. The second kappa shape index (κ2) is 13.2. The lowest BCUT2D eigenvalue weighted by atomic mass is 10.1. The minimum Gasteiger partial charge on any atom is -0.497 e. The summed E-state index contributed by atoms with van der Waals surface area (Å²) in [5.41, 5.74) is 1.31.